The molecular weight excluding hydrogens is 302 g/mol. The van der Waals surface area contributed by atoms with Crippen molar-refractivity contribution in [3.05, 3.63) is 23.9 Å². The molecule has 1 aliphatic heterocycles. The van der Waals surface area contributed by atoms with Crippen LogP contribution in [-0.2, 0) is 7.05 Å². The van der Waals surface area contributed by atoms with Crippen LogP contribution in [0.3, 0.4) is 0 Å². The first-order valence-corrected chi connectivity index (χ1v) is 7.87. The summed E-state index contributed by atoms with van der Waals surface area (Å²) in [7, 11) is 1.72. The number of thiazole rings is 1. The predicted molar refractivity (Wildman–Crippen MR) is 84.2 cm³/mol. The Morgan fingerprint density at radius 2 is 2.41 bits per heavy atom. The van der Waals surface area contributed by atoms with Gasteiger partial charge in [0.1, 0.15) is 16.9 Å². The van der Waals surface area contributed by atoms with Crippen molar-refractivity contribution >= 4 is 22.4 Å². The molecule has 3 rings (SSSR count). The van der Waals surface area contributed by atoms with Crippen molar-refractivity contribution in [2.75, 3.05) is 18.0 Å². The van der Waals surface area contributed by atoms with E-state index in [1.54, 1.807) is 7.05 Å². The molecule has 1 atom stereocenters. The molecule has 2 aromatic rings. The molecule has 22 heavy (non-hydrogen) atoms. The highest BCUT2D eigenvalue weighted by Gasteiger charge is 2.26. The Labute approximate surface area is 131 Å². The van der Waals surface area contributed by atoms with Crippen molar-refractivity contribution in [1.29, 1.82) is 0 Å². The van der Waals surface area contributed by atoms with Gasteiger partial charge in [-0.05, 0) is 18.8 Å². The van der Waals surface area contributed by atoms with Crippen LogP contribution in [0.1, 0.15) is 22.5 Å². The van der Waals surface area contributed by atoms with E-state index in [9.17, 15) is 9.90 Å². The molecule has 1 aliphatic rings. The Kier molecular flexibility index (Phi) is 3.93. The lowest BCUT2D eigenvalue weighted by atomic mass is 9.99. The summed E-state index contributed by atoms with van der Waals surface area (Å²) in [5, 5.41) is 14.2. The SMILES string of the molecule is C=CC1CCCN(c2nc(-c3ncnn3C)c(C(=O)O)s2)C1. The maximum absolute atomic E-state index is 11.5. The molecule has 3 heterocycles. The molecule has 1 fully saturated rings. The molecule has 116 valence electrons. The number of piperidine rings is 1. The van der Waals surface area contributed by atoms with Gasteiger partial charge in [0.25, 0.3) is 0 Å². The lowest BCUT2D eigenvalue weighted by Gasteiger charge is -2.30. The fraction of sp³-hybridized carbons (Fsp3) is 0.429. The number of carboxylic acids is 1. The summed E-state index contributed by atoms with van der Waals surface area (Å²) in [6.45, 7) is 5.57. The zero-order valence-corrected chi connectivity index (χ0v) is 13.1. The van der Waals surface area contributed by atoms with Crippen LogP contribution in [-0.4, -0.2) is 43.9 Å². The Morgan fingerprint density at radius 3 is 3.05 bits per heavy atom. The summed E-state index contributed by atoms with van der Waals surface area (Å²) in [5.74, 6) is -0.0968. The largest absolute Gasteiger partial charge is 0.477 e. The molecule has 1 unspecified atom stereocenters. The zero-order chi connectivity index (χ0) is 15.7. The van der Waals surface area contributed by atoms with Crippen molar-refractivity contribution in [3.63, 3.8) is 0 Å². The molecule has 8 heteroatoms. The summed E-state index contributed by atoms with van der Waals surface area (Å²) in [6, 6.07) is 0. The smallest absolute Gasteiger partial charge is 0.348 e. The van der Waals surface area contributed by atoms with Crippen molar-refractivity contribution in [2.24, 2.45) is 13.0 Å². The second kappa shape index (κ2) is 5.88. The second-order valence-corrected chi connectivity index (χ2v) is 6.25. The molecule has 0 spiro atoms. The Hall–Kier alpha value is -2.22. The molecule has 1 saturated heterocycles. The van der Waals surface area contributed by atoms with Gasteiger partial charge >= 0.3 is 5.97 Å². The summed E-state index contributed by atoms with van der Waals surface area (Å²) in [4.78, 5) is 22.5. The third-order valence-corrected chi connectivity index (χ3v) is 4.90. The van der Waals surface area contributed by atoms with Crippen LogP contribution in [0.25, 0.3) is 11.5 Å². The summed E-state index contributed by atoms with van der Waals surface area (Å²) < 4.78 is 1.54. The summed E-state index contributed by atoms with van der Waals surface area (Å²) in [5.41, 5.74) is 0.383. The van der Waals surface area contributed by atoms with Gasteiger partial charge in [0, 0.05) is 20.1 Å². The Balaban J connectivity index is 1.98. The first kappa shape index (κ1) is 14.7. The summed E-state index contributed by atoms with van der Waals surface area (Å²) >= 11 is 1.19. The molecule has 7 nitrogen and oxygen atoms in total. The standard InChI is InChI=1S/C14H17N5O2S/c1-3-9-5-4-6-19(7-9)14-17-10(11(22-14)13(20)21)12-15-8-16-18(12)2/h3,8-9H,1,4-7H2,2H3,(H,20,21). The molecule has 1 N–H and O–H groups in total. The normalized spacial score (nSPS) is 18.4. The third-order valence-electron chi connectivity index (χ3n) is 3.80. The molecule has 0 aliphatic carbocycles. The molecule has 0 amide bonds. The Bertz CT molecular complexity index is 708. The van der Waals surface area contributed by atoms with Crippen molar-refractivity contribution in [1.82, 2.24) is 19.7 Å². The van der Waals surface area contributed by atoms with E-state index in [0.717, 1.165) is 31.1 Å². The number of aromatic carboxylic acids is 1. The van der Waals surface area contributed by atoms with E-state index in [1.165, 1.54) is 22.3 Å². The zero-order valence-electron chi connectivity index (χ0n) is 12.3. The van der Waals surface area contributed by atoms with E-state index in [0.29, 0.717) is 17.4 Å². The summed E-state index contributed by atoms with van der Waals surface area (Å²) in [6.07, 6.45) is 5.53. The molecule has 0 bridgehead atoms. The topological polar surface area (TPSA) is 84.1 Å². The molecule has 0 aromatic carbocycles. The van der Waals surface area contributed by atoms with Gasteiger partial charge in [-0.2, -0.15) is 5.10 Å². The number of aromatic nitrogens is 4. The van der Waals surface area contributed by atoms with Gasteiger partial charge in [-0.3, -0.25) is 0 Å². The van der Waals surface area contributed by atoms with Gasteiger partial charge in [0.15, 0.2) is 11.0 Å². The van der Waals surface area contributed by atoms with Crippen LogP contribution in [0.5, 0.6) is 0 Å². The Morgan fingerprint density at radius 1 is 1.59 bits per heavy atom. The maximum Gasteiger partial charge on any atom is 0.348 e. The van der Waals surface area contributed by atoms with Gasteiger partial charge < -0.3 is 10.0 Å². The van der Waals surface area contributed by atoms with Gasteiger partial charge in [0.2, 0.25) is 0 Å². The predicted octanol–water partition coefficient (Wildman–Crippen LogP) is 2.04. The lowest BCUT2D eigenvalue weighted by Crippen LogP contribution is -2.34. The van der Waals surface area contributed by atoms with Crippen LogP contribution in [0, 0.1) is 5.92 Å². The minimum absolute atomic E-state index is 0.201. The average molecular weight is 319 g/mol. The van der Waals surface area contributed by atoms with E-state index in [1.807, 2.05) is 6.08 Å². The van der Waals surface area contributed by atoms with E-state index in [2.05, 4.69) is 26.5 Å². The number of hydrogen-bond acceptors (Lipinski definition) is 6. The number of hydrogen-bond donors (Lipinski definition) is 1. The second-order valence-electron chi connectivity index (χ2n) is 5.27. The fourth-order valence-corrected chi connectivity index (χ4v) is 3.56. The van der Waals surface area contributed by atoms with E-state index >= 15 is 0 Å². The molecule has 2 aromatic heterocycles. The van der Waals surface area contributed by atoms with Crippen LogP contribution in [0.15, 0.2) is 19.0 Å². The molecule has 0 radical (unpaired) electrons. The first-order valence-electron chi connectivity index (χ1n) is 7.06. The average Bonchev–Trinajstić information content (AvgIpc) is 3.13. The fourth-order valence-electron chi connectivity index (χ4n) is 2.63. The molecular formula is C14H17N5O2S. The highest BCUT2D eigenvalue weighted by molar-refractivity contribution is 7.17. The number of carbonyl (C=O) groups is 1. The van der Waals surface area contributed by atoms with E-state index < -0.39 is 5.97 Å². The minimum Gasteiger partial charge on any atom is -0.477 e. The number of carboxylic acid groups (broad SMARTS) is 1. The third kappa shape index (κ3) is 2.61. The number of rotatable bonds is 4. The van der Waals surface area contributed by atoms with Crippen LogP contribution < -0.4 is 4.90 Å². The maximum atomic E-state index is 11.5. The number of aryl methyl sites for hydroxylation is 1. The van der Waals surface area contributed by atoms with Crippen molar-refractivity contribution in [3.8, 4) is 11.5 Å². The van der Waals surface area contributed by atoms with Crippen LogP contribution in [0.4, 0.5) is 5.13 Å². The van der Waals surface area contributed by atoms with Crippen molar-refractivity contribution < 1.29 is 9.90 Å². The van der Waals surface area contributed by atoms with Crippen LogP contribution in [0.2, 0.25) is 0 Å². The number of nitrogens with zero attached hydrogens (tertiary/aromatic N) is 5. The number of anilines is 1. The minimum atomic E-state index is -0.987. The van der Waals surface area contributed by atoms with Gasteiger partial charge in [0.05, 0.1) is 0 Å². The van der Waals surface area contributed by atoms with Crippen molar-refractivity contribution in [2.45, 2.75) is 12.8 Å². The highest BCUT2D eigenvalue weighted by Crippen LogP contribution is 2.34. The van der Waals surface area contributed by atoms with Gasteiger partial charge in [-0.25, -0.2) is 19.4 Å². The van der Waals surface area contributed by atoms with Crippen LogP contribution >= 0.6 is 11.3 Å². The van der Waals surface area contributed by atoms with E-state index in [-0.39, 0.29) is 4.88 Å². The quantitative estimate of drug-likeness (QED) is 0.868. The highest BCUT2D eigenvalue weighted by atomic mass is 32.1. The van der Waals surface area contributed by atoms with Gasteiger partial charge in [-0.1, -0.05) is 17.4 Å². The first-order chi connectivity index (χ1) is 10.6. The van der Waals surface area contributed by atoms with E-state index in [4.69, 9.17) is 0 Å². The molecule has 0 saturated carbocycles. The monoisotopic (exact) mass is 319 g/mol. The lowest BCUT2D eigenvalue weighted by molar-refractivity contribution is 0.0702. The van der Waals surface area contributed by atoms with Gasteiger partial charge in [-0.15, -0.1) is 6.58 Å².